The third-order valence-corrected chi connectivity index (χ3v) is 6.01. The second-order valence-electron chi connectivity index (χ2n) is 9.74. The van der Waals surface area contributed by atoms with E-state index in [2.05, 4.69) is 4.98 Å². The number of halogens is 10. The topological polar surface area (TPSA) is 59.5 Å². The average molecular weight is 591 g/mol. The Hall–Kier alpha value is -3.03. The van der Waals surface area contributed by atoms with Gasteiger partial charge in [0.25, 0.3) is 0 Å². The standard InChI is InChI=1S/C24H20ClF9N2O3/c1-21(2,3)39-20(38)36-16(14-9-18(24(32,33)34)35-10-15(14)25)4-5-17(36)19(37)11-6-12(22(26,27)28)8-13(7-11)23(29,30)31/h6-10,16-17H,4-5H2,1-3H3/t16-,17-/m0/s1. The number of hydrogen-bond donors (Lipinski definition) is 0. The number of ketones is 1. The van der Waals surface area contributed by atoms with Gasteiger partial charge in [0.2, 0.25) is 0 Å². The Kier molecular flexibility index (Phi) is 7.96. The third kappa shape index (κ3) is 6.95. The summed E-state index contributed by atoms with van der Waals surface area (Å²) in [5.74, 6) is -1.29. The summed E-state index contributed by atoms with van der Waals surface area (Å²) in [6.07, 6.45) is -16.5. The van der Waals surface area contributed by atoms with E-state index in [1.807, 2.05) is 0 Å². The molecular formula is C24H20ClF9N2O3. The fourth-order valence-corrected chi connectivity index (χ4v) is 4.33. The summed E-state index contributed by atoms with van der Waals surface area (Å²) in [6.45, 7) is 4.32. The molecule has 0 saturated carbocycles. The van der Waals surface area contributed by atoms with Crippen LogP contribution in [0.1, 0.15) is 72.4 Å². The molecule has 1 amide bonds. The fraction of sp³-hybridized carbons (Fsp3) is 0.458. The van der Waals surface area contributed by atoms with E-state index in [1.165, 1.54) is 20.8 Å². The zero-order valence-corrected chi connectivity index (χ0v) is 21.1. The first-order valence-corrected chi connectivity index (χ1v) is 11.5. The summed E-state index contributed by atoms with van der Waals surface area (Å²) in [5, 5.41) is -0.312. The molecule has 1 aromatic carbocycles. The van der Waals surface area contributed by atoms with Gasteiger partial charge in [-0.3, -0.25) is 14.7 Å². The minimum absolute atomic E-state index is 0.157. The highest BCUT2D eigenvalue weighted by Gasteiger charge is 2.46. The predicted octanol–water partition coefficient (Wildman–Crippen LogP) is 8.11. The van der Waals surface area contributed by atoms with E-state index in [1.54, 1.807) is 0 Å². The monoisotopic (exact) mass is 590 g/mol. The summed E-state index contributed by atoms with van der Waals surface area (Å²) in [5.41, 5.74) is -7.31. The van der Waals surface area contributed by atoms with Crippen LogP contribution in [0.15, 0.2) is 30.5 Å². The highest BCUT2D eigenvalue weighted by Crippen LogP contribution is 2.43. The number of Topliss-reactive ketones (excluding diaryl/α,β-unsaturated/α-hetero) is 1. The van der Waals surface area contributed by atoms with Crippen LogP contribution in [0.5, 0.6) is 0 Å². The molecule has 39 heavy (non-hydrogen) atoms. The molecule has 5 nitrogen and oxygen atoms in total. The van der Waals surface area contributed by atoms with Gasteiger partial charge in [-0.25, -0.2) is 4.79 Å². The first-order valence-electron chi connectivity index (χ1n) is 11.2. The Labute approximate surface area is 220 Å². The summed E-state index contributed by atoms with van der Waals surface area (Å²) < 4.78 is 125. The molecule has 0 aliphatic carbocycles. The average Bonchev–Trinajstić information content (AvgIpc) is 3.20. The number of benzene rings is 1. The Morgan fingerprint density at radius 1 is 0.872 bits per heavy atom. The van der Waals surface area contributed by atoms with Crippen LogP contribution in [0.2, 0.25) is 5.02 Å². The van der Waals surface area contributed by atoms with Crippen LogP contribution in [0.4, 0.5) is 44.3 Å². The van der Waals surface area contributed by atoms with Gasteiger partial charge in [-0.2, -0.15) is 39.5 Å². The quantitative estimate of drug-likeness (QED) is 0.268. The molecule has 0 unspecified atom stereocenters. The molecule has 3 rings (SSSR count). The van der Waals surface area contributed by atoms with Gasteiger partial charge in [-0.15, -0.1) is 0 Å². The summed E-state index contributed by atoms with van der Waals surface area (Å²) >= 11 is 6.07. The van der Waals surface area contributed by atoms with Gasteiger partial charge in [-0.1, -0.05) is 11.6 Å². The van der Waals surface area contributed by atoms with Crippen molar-refractivity contribution in [1.82, 2.24) is 9.88 Å². The molecule has 0 bridgehead atoms. The molecule has 2 aromatic rings. The molecule has 0 radical (unpaired) electrons. The Morgan fingerprint density at radius 3 is 1.87 bits per heavy atom. The Balaban J connectivity index is 2.14. The first kappa shape index (κ1) is 30.5. The van der Waals surface area contributed by atoms with Gasteiger partial charge >= 0.3 is 24.6 Å². The first-order chi connectivity index (χ1) is 17.6. The van der Waals surface area contributed by atoms with Gasteiger partial charge in [0.15, 0.2) is 5.78 Å². The van der Waals surface area contributed by atoms with E-state index >= 15 is 0 Å². The number of amides is 1. The van der Waals surface area contributed by atoms with Crippen molar-refractivity contribution in [1.29, 1.82) is 0 Å². The van der Waals surface area contributed by atoms with Gasteiger partial charge in [0, 0.05) is 11.8 Å². The van der Waals surface area contributed by atoms with Crippen LogP contribution in [0, 0.1) is 0 Å². The SMILES string of the molecule is CC(C)(C)OC(=O)N1[C@H](C(=O)c2cc(C(F)(F)F)cc(C(F)(F)F)c2)CC[C@H]1c1cc(C(F)(F)F)ncc1Cl. The molecule has 1 aliphatic rings. The van der Waals surface area contributed by atoms with Gasteiger partial charge in [0.05, 0.1) is 28.2 Å². The maximum atomic E-state index is 13.4. The van der Waals surface area contributed by atoms with E-state index < -0.39 is 70.5 Å². The van der Waals surface area contributed by atoms with Crippen LogP contribution in [-0.2, 0) is 23.3 Å². The maximum absolute atomic E-state index is 13.4. The lowest BCUT2D eigenvalue weighted by molar-refractivity contribution is -0.143. The number of likely N-dealkylation sites (tertiary alicyclic amines) is 1. The zero-order valence-electron chi connectivity index (χ0n) is 20.4. The highest BCUT2D eigenvalue weighted by atomic mass is 35.5. The molecule has 15 heteroatoms. The number of pyridine rings is 1. The van der Waals surface area contributed by atoms with E-state index in [0.29, 0.717) is 17.2 Å². The third-order valence-electron chi connectivity index (χ3n) is 5.70. The predicted molar refractivity (Wildman–Crippen MR) is 119 cm³/mol. The van der Waals surface area contributed by atoms with Crippen molar-refractivity contribution >= 4 is 23.5 Å². The molecule has 0 N–H and O–H groups in total. The normalized spacial score (nSPS) is 18.8. The number of alkyl halides is 9. The van der Waals surface area contributed by atoms with Crippen LogP contribution < -0.4 is 0 Å². The second kappa shape index (κ2) is 10.2. The number of hydrogen-bond acceptors (Lipinski definition) is 4. The van der Waals surface area contributed by atoms with Crippen LogP contribution in [0.25, 0.3) is 0 Å². The molecule has 214 valence electrons. The molecule has 0 spiro atoms. The number of carbonyl (C=O) groups is 2. The van der Waals surface area contributed by atoms with E-state index in [9.17, 15) is 49.1 Å². The van der Waals surface area contributed by atoms with Crippen LogP contribution >= 0.6 is 11.6 Å². The summed E-state index contributed by atoms with van der Waals surface area (Å²) in [6, 6.07) is -2.16. The lowest BCUT2D eigenvalue weighted by Crippen LogP contribution is -2.44. The van der Waals surface area contributed by atoms with Gasteiger partial charge in [-0.05, 0) is 63.4 Å². The van der Waals surface area contributed by atoms with Gasteiger partial charge in [0.1, 0.15) is 11.3 Å². The number of aromatic nitrogens is 1. The van der Waals surface area contributed by atoms with Crippen LogP contribution in [-0.4, -0.2) is 33.4 Å². The van der Waals surface area contributed by atoms with Crippen molar-refractivity contribution in [3.63, 3.8) is 0 Å². The van der Waals surface area contributed by atoms with Crippen molar-refractivity contribution in [3.8, 4) is 0 Å². The minimum atomic E-state index is -5.24. The highest BCUT2D eigenvalue weighted by molar-refractivity contribution is 6.31. The molecule has 2 atom stereocenters. The smallest absolute Gasteiger partial charge is 0.433 e. The summed E-state index contributed by atoms with van der Waals surface area (Å²) in [7, 11) is 0. The second-order valence-corrected chi connectivity index (χ2v) is 10.2. The Bertz CT molecular complexity index is 1240. The Morgan fingerprint density at radius 2 is 1.41 bits per heavy atom. The largest absolute Gasteiger partial charge is 0.444 e. The molecular weight excluding hydrogens is 571 g/mol. The van der Waals surface area contributed by atoms with E-state index in [0.717, 1.165) is 0 Å². The molecule has 1 aliphatic heterocycles. The number of carbonyl (C=O) groups excluding carboxylic acids is 2. The van der Waals surface area contributed by atoms with Crippen molar-refractivity contribution in [2.24, 2.45) is 0 Å². The lowest BCUT2D eigenvalue weighted by Gasteiger charge is -2.33. The number of nitrogens with zero attached hydrogens (tertiary/aromatic N) is 2. The number of ether oxygens (including phenoxy) is 1. The van der Waals surface area contributed by atoms with E-state index in [4.69, 9.17) is 16.3 Å². The summed E-state index contributed by atoms with van der Waals surface area (Å²) in [4.78, 5) is 30.4. The molecule has 1 aromatic heterocycles. The molecule has 1 saturated heterocycles. The maximum Gasteiger partial charge on any atom is 0.433 e. The van der Waals surface area contributed by atoms with Gasteiger partial charge < -0.3 is 4.74 Å². The molecule has 2 heterocycles. The van der Waals surface area contributed by atoms with E-state index in [-0.39, 0.29) is 41.6 Å². The van der Waals surface area contributed by atoms with Crippen molar-refractivity contribution in [3.05, 3.63) is 63.4 Å². The fourth-order valence-electron chi connectivity index (χ4n) is 4.10. The van der Waals surface area contributed by atoms with Crippen molar-refractivity contribution < 1.29 is 53.8 Å². The zero-order chi connectivity index (χ0) is 29.7. The van der Waals surface area contributed by atoms with Crippen molar-refractivity contribution in [2.75, 3.05) is 0 Å². The van der Waals surface area contributed by atoms with Crippen molar-refractivity contribution in [2.45, 2.75) is 69.8 Å². The molecule has 1 fully saturated rings. The van der Waals surface area contributed by atoms with Crippen LogP contribution in [0.3, 0.4) is 0 Å². The lowest BCUT2D eigenvalue weighted by atomic mass is 9.97. The minimum Gasteiger partial charge on any atom is -0.444 e. The number of rotatable bonds is 3.